The van der Waals surface area contributed by atoms with E-state index < -0.39 is 12.6 Å². The van der Waals surface area contributed by atoms with E-state index in [1.165, 1.54) is 23.3 Å². The Morgan fingerprint density at radius 1 is 1.11 bits per heavy atom. The minimum Gasteiger partial charge on any atom is -0.507 e. The number of phenols is 1. The number of hydrogen-bond acceptors (Lipinski definition) is 6. The summed E-state index contributed by atoms with van der Waals surface area (Å²) in [4.78, 5) is 39.6. The molecule has 9 heteroatoms. The molecule has 2 aromatic rings. The number of halogens is 1. The van der Waals surface area contributed by atoms with Crippen molar-refractivity contribution in [1.82, 2.24) is 9.80 Å². The van der Waals surface area contributed by atoms with Crippen LogP contribution in [0.1, 0.15) is 20.9 Å². The number of carbonyl (C=O) groups excluding carboxylic acids is 3. The summed E-state index contributed by atoms with van der Waals surface area (Å²) in [5, 5.41) is 9.72. The van der Waals surface area contributed by atoms with Gasteiger partial charge in [0.25, 0.3) is 11.8 Å². The Bertz CT molecular complexity index is 844. The second-order valence-corrected chi connectivity index (χ2v) is 6.80. The van der Waals surface area contributed by atoms with Crippen molar-refractivity contribution in [2.45, 2.75) is 0 Å². The van der Waals surface area contributed by atoms with Crippen LogP contribution in [0, 0.1) is 0 Å². The Hall–Kier alpha value is -2.81. The van der Waals surface area contributed by atoms with Gasteiger partial charge in [0.1, 0.15) is 11.3 Å². The Kier molecular flexibility index (Phi) is 5.80. The maximum Gasteiger partial charge on any atom is 0.342 e. The molecule has 1 saturated heterocycles. The lowest BCUT2D eigenvalue weighted by atomic mass is 10.2. The second kappa shape index (κ2) is 8.26. The highest BCUT2D eigenvalue weighted by Gasteiger charge is 2.26. The van der Waals surface area contributed by atoms with Crippen LogP contribution >= 0.6 is 15.9 Å². The summed E-state index contributed by atoms with van der Waals surface area (Å²) in [6, 6.07) is 7.60. The predicted molar refractivity (Wildman–Crippen MR) is 97.3 cm³/mol. The molecule has 0 saturated carbocycles. The lowest BCUT2D eigenvalue weighted by Gasteiger charge is -2.34. The molecule has 0 radical (unpaired) electrons. The van der Waals surface area contributed by atoms with Crippen LogP contribution in [0.25, 0.3) is 0 Å². The van der Waals surface area contributed by atoms with Crippen molar-refractivity contribution in [1.29, 1.82) is 0 Å². The van der Waals surface area contributed by atoms with E-state index in [4.69, 9.17) is 9.15 Å². The maximum absolute atomic E-state index is 12.2. The van der Waals surface area contributed by atoms with Gasteiger partial charge < -0.3 is 24.1 Å². The molecule has 0 unspecified atom stereocenters. The molecule has 1 aromatic carbocycles. The van der Waals surface area contributed by atoms with Crippen LogP contribution in [0.15, 0.2) is 45.5 Å². The van der Waals surface area contributed by atoms with Crippen LogP contribution in [0.4, 0.5) is 0 Å². The van der Waals surface area contributed by atoms with E-state index in [1.807, 2.05) is 0 Å². The number of furan rings is 1. The number of phenolic OH excluding ortho intramolecular Hbond substituents is 1. The van der Waals surface area contributed by atoms with Crippen molar-refractivity contribution >= 4 is 33.7 Å². The zero-order chi connectivity index (χ0) is 19.4. The average molecular weight is 437 g/mol. The van der Waals surface area contributed by atoms with Crippen molar-refractivity contribution in [3.63, 3.8) is 0 Å². The van der Waals surface area contributed by atoms with Gasteiger partial charge in [-0.25, -0.2) is 4.79 Å². The summed E-state index contributed by atoms with van der Waals surface area (Å²) in [6.45, 7) is 0.976. The number of aromatic hydroxyl groups is 1. The fraction of sp³-hybridized carbons (Fsp3) is 0.278. The van der Waals surface area contributed by atoms with E-state index in [9.17, 15) is 19.5 Å². The van der Waals surface area contributed by atoms with Gasteiger partial charge in [0.15, 0.2) is 12.4 Å². The third-order valence-corrected chi connectivity index (χ3v) is 4.65. The van der Waals surface area contributed by atoms with Gasteiger partial charge in [-0.1, -0.05) is 15.9 Å². The lowest BCUT2D eigenvalue weighted by Crippen LogP contribution is -2.51. The van der Waals surface area contributed by atoms with Crippen LogP contribution in [-0.2, 0) is 9.53 Å². The number of esters is 1. The number of hydrogen-bond donors (Lipinski definition) is 1. The first-order valence-corrected chi connectivity index (χ1v) is 9.01. The highest BCUT2D eigenvalue weighted by Crippen LogP contribution is 2.22. The lowest BCUT2D eigenvalue weighted by molar-refractivity contribution is -0.136. The van der Waals surface area contributed by atoms with Gasteiger partial charge in [-0.2, -0.15) is 0 Å². The predicted octanol–water partition coefficient (Wildman–Crippen LogP) is 1.89. The molecule has 1 aliphatic heterocycles. The molecule has 1 N–H and O–H groups in total. The highest BCUT2D eigenvalue weighted by molar-refractivity contribution is 9.10. The standard InChI is InChI=1S/C18H17BrN2O6/c19-12-3-4-14(22)13(10-12)18(25)27-11-16(23)20-5-7-21(8-6-20)17(24)15-2-1-9-26-15/h1-4,9-10,22H,5-8,11H2. The van der Waals surface area contributed by atoms with Crippen molar-refractivity contribution in [3.8, 4) is 5.75 Å². The molecular weight excluding hydrogens is 420 g/mol. The topological polar surface area (TPSA) is 100 Å². The highest BCUT2D eigenvalue weighted by atomic mass is 79.9. The maximum atomic E-state index is 12.2. The zero-order valence-electron chi connectivity index (χ0n) is 14.3. The van der Waals surface area contributed by atoms with E-state index in [2.05, 4.69) is 15.9 Å². The van der Waals surface area contributed by atoms with Gasteiger partial charge in [0, 0.05) is 30.7 Å². The van der Waals surface area contributed by atoms with Crippen molar-refractivity contribution in [2.24, 2.45) is 0 Å². The molecule has 0 bridgehead atoms. The number of rotatable bonds is 4. The van der Waals surface area contributed by atoms with E-state index in [1.54, 1.807) is 23.1 Å². The number of nitrogens with zero attached hydrogens (tertiary/aromatic N) is 2. The van der Waals surface area contributed by atoms with E-state index in [-0.39, 0.29) is 28.9 Å². The zero-order valence-corrected chi connectivity index (χ0v) is 15.8. The first kappa shape index (κ1) is 19.0. The van der Waals surface area contributed by atoms with Crippen LogP contribution in [0.5, 0.6) is 5.75 Å². The van der Waals surface area contributed by atoms with Crippen molar-refractivity contribution in [3.05, 3.63) is 52.4 Å². The van der Waals surface area contributed by atoms with E-state index in [0.717, 1.165) is 0 Å². The summed E-state index contributed by atoms with van der Waals surface area (Å²) >= 11 is 3.21. The van der Waals surface area contributed by atoms with Gasteiger partial charge in [-0.15, -0.1) is 0 Å². The Morgan fingerprint density at radius 2 is 1.81 bits per heavy atom. The number of piperazine rings is 1. The summed E-state index contributed by atoms with van der Waals surface area (Å²) in [6.07, 6.45) is 1.43. The van der Waals surface area contributed by atoms with Crippen LogP contribution in [-0.4, -0.2) is 65.5 Å². The quantitative estimate of drug-likeness (QED) is 0.734. The SMILES string of the molecule is O=C(OCC(=O)N1CCN(C(=O)c2ccco2)CC1)c1cc(Br)ccc1O. The van der Waals surface area contributed by atoms with Crippen LogP contribution in [0.2, 0.25) is 0 Å². The Morgan fingerprint density at radius 3 is 2.48 bits per heavy atom. The fourth-order valence-corrected chi connectivity index (χ4v) is 3.04. The van der Waals surface area contributed by atoms with Gasteiger partial charge in [-0.3, -0.25) is 9.59 Å². The molecule has 2 heterocycles. The third kappa shape index (κ3) is 4.48. The summed E-state index contributed by atoms with van der Waals surface area (Å²) in [5.41, 5.74) is -0.0222. The van der Waals surface area contributed by atoms with Crippen LogP contribution in [0.3, 0.4) is 0 Å². The molecule has 27 heavy (non-hydrogen) atoms. The van der Waals surface area contributed by atoms with Gasteiger partial charge in [0.2, 0.25) is 0 Å². The van der Waals surface area contributed by atoms with Gasteiger partial charge >= 0.3 is 5.97 Å². The Labute approximate surface area is 163 Å². The smallest absolute Gasteiger partial charge is 0.342 e. The number of amides is 2. The number of carbonyl (C=O) groups is 3. The fourth-order valence-electron chi connectivity index (χ4n) is 2.68. The largest absolute Gasteiger partial charge is 0.507 e. The second-order valence-electron chi connectivity index (χ2n) is 5.89. The first-order chi connectivity index (χ1) is 13.0. The van der Waals surface area contributed by atoms with E-state index in [0.29, 0.717) is 30.7 Å². The third-order valence-electron chi connectivity index (χ3n) is 4.16. The molecule has 142 valence electrons. The van der Waals surface area contributed by atoms with Gasteiger partial charge in [0.05, 0.1) is 6.26 Å². The molecule has 3 rings (SSSR count). The molecule has 8 nitrogen and oxygen atoms in total. The molecule has 1 aliphatic rings. The molecule has 1 fully saturated rings. The summed E-state index contributed by atoms with van der Waals surface area (Å²) in [5.74, 6) is -1.32. The number of ether oxygens (including phenoxy) is 1. The van der Waals surface area contributed by atoms with Crippen molar-refractivity contribution in [2.75, 3.05) is 32.8 Å². The first-order valence-electron chi connectivity index (χ1n) is 8.22. The molecule has 0 atom stereocenters. The normalized spacial score (nSPS) is 14.1. The molecule has 2 amide bonds. The van der Waals surface area contributed by atoms with E-state index >= 15 is 0 Å². The minimum atomic E-state index is -0.784. The molecule has 1 aromatic heterocycles. The molecule has 0 spiro atoms. The minimum absolute atomic E-state index is 0.0222. The Balaban J connectivity index is 1.49. The monoisotopic (exact) mass is 436 g/mol. The number of benzene rings is 1. The molecular formula is C18H17BrN2O6. The van der Waals surface area contributed by atoms with Crippen LogP contribution < -0.4 is 0 Å². The molecule has 0 aliphatic carbocycles. The summed E-state index contributed by atoms with van der Waals surface area (Å²) in [7, 11) is 0. The van der Waals surface area contributed by atoms with Crippen molar-refractivity contribution < 1.29 is 28.6 Å². The summed E-state index contributed by atoms with van der Waals surface area (Å²) < 4.78 is 10.7. The van der Waals surface area contributed by atoms with Gasteiger partial charge in [-0.05, 0) is 30.3 Å². The average Bonchev–Trinajstić information content (AvgIpc) is 3.22.